The number of aromatic nitrogens is 7. The van der Waals surface area contributed by atoms with Crippen LogP contribution in [0.5, 0.6) is 0 Å². The van der Waals surface area contributed by atoms with Crippen LogP contribution < -0.4 is 5.32 Å². The summed E-state index contributed by atoms with van der Waals surface area (Å²) in [6.45, 7) is 4.07. The highest BCUT2D eigenvalue weighted by atomic mass is 16.1. The van der Waals surface area contributed by atoms with Crippen LogP contribution in [0.1, 0.15) is 30.2 Å². The van der Waals surface area contributed by atoms with Crippen LogP contribution in [0.2, 0.25) is 0 Å². The summed E-state index contributed by atoms with van der Waals surface area (Å²) < 4.78 is 3.34. The molecule has 3 heterocycles. The second-order valence-electron chi connectivity index (χ2n) is 6.08. The molecule has 0 aliphatic heterocycles. The fourth-order valence-corrected chi connectivity index (χ4v) is 2.65. The van der Waals surface area contributed by atoms with Crippen molar-refractivity contribution in [1.82, 2.24) is 35.0 Å². The Balaban J connectivity index is 1.59. The van der Waals surface area contributed by atoms with E-state index in [-0.39, 0.29) is 11.9 Å². The number of rotatable bonds is 4. The molecule has 1 N–H and O–H groups in total. The monoisotopic (exact) mass is 348 g/mol. The lowest BCUT2D eigenvalue weighted by Crippen LogP contribution is -2.13. The molecule has 0 aliphatic carbocycles. The van der Waals surface area contributed by atoms with Crippen molar-refractivity contribution < 1.29 is 4.79 Å². The van der Waals surface area contributed by atoms with Gasteiger partial charge in [-0.15, -0.1) is 5.10 Å². The van der Waals surface area contributed by atoms with Crippen molar-refractivity contribution in [2.75, 3.05) is 5.32 Å². The van der Waals surface area contributed by atoms with Crippen molar-refractivity contribution in [1.29, 1.82) is 0 Å². The van der Waals surface area contributed by atoms with Crippen molar-refractivity contribution >= 4 is 22.6 Å². The van der Waals surface area contributed by atoms with Crippen LogP contribution in [-0.4, -0.2) is 40.9 Å². The van der Waals surface area contributed by atoms with Gasteiger partial charge in [0, 0.05) is 23.3 Å². The average molecular weight is 348 g/mol. The lowest BCUT2D eigenvalue weighted by atomic mass is 10.2. The Morgan fingerprint density at radius 3 is 2.85 bits per heavy atom. The summed E-state index contributed by atoms with van der Waals surface area (Å²) in [6, 6.07) is 9.25. The summed E-state index contributed by atoms with van der Waals surface area (Å²) in [5.41, 5.74) is 2.62. The third kappa shape index (κ3) is 2.90. The topological polar surface area (TPSA) is 103 Å². The Kier molecular flexibility index (Phi) is 3.88. The molecule has 0 fully saturated rings. The third-order valence-electron chi connectivity index (χ3n) is 3.90. The molecule has 4 rings (SSSR count). The van der Waals surface area contributed by atoms with Gasteiger partial charge >= 0.3 is 0 Å². The van der Waals surface area contributed by atoms with Gasteiger partial charge in [0.1, 0.15) is 6.33 Å². The third-order valence-corrected chi connectivity index (χ3v) is 3.90. The number of fused-ring (bicyclic) bond motifs is 1. The Morgan fingerprint density at radius 2 is 2.08 bits per heavy atom. The highest BCUT2D eigenvalue weighted by molar-refractivity contribution is 6.05. The molecule has 0 bridgehead atoms. The molecule has 0 aliphatic rings. The Bertz CT molecular complexity index is 1070. The van der Waals surface area contributed by atoms with Crippen molar-refractivity contribution in [3.63, 3.8) is 0 Å². The number of benzene rings is 1. The summed E-state index contributed by atoms with van der Waals surface area (Å²) in [7, 11) is 0. The van der Waals surface area contributed by atoms with Crippen LogP contribution in [0, 0.1) is 0 Å². The first kappa shape index (κ1) is 15.9. The second kappa shape index (κ2) is 6.36. The average Bonchev–Trinajstić information content (AvgIpc) is 3.31. The molecular weight excluding hydrogens is 332 g/mol. The normalized spacial score (nSPS) is 11.2. The van der Waals surface area contributed by atoms with Crippen LogP contribution in [0.3, 0.4) is 0 Å². The maximum absolute atomic E-state index is 12.6. The van der Waals surface area contributed by atoms with E-state index >= 15 is 0 Å². The zero-order chi connectivity index (χ0) is 18.1. The molecule has 4 aromatic rings. The minimum absolute atomic E-state index is 0.202. The summed E-state index contributed by atoms with van der Waals surface area (Å²) in [6.07, 6.45) is 4.77. The van der Waals surface area contributed by atoms with Crippen LogP contribution >= 0.6 is 0 Å². The molecule has 3 aromatic heterocycles. The van der Waals surface area contributed by atoms with Gasteiger partial charge < -0.3 is 5.32 Å². The van der Waals surface area contributed by atoms with E-state index in [1.165, 1.54) is 11.0 Å². The van der Waals surface area contributed by atoms with Gasteiger partial charge in [-0.3, -0.25) is 4.79 Å². The molecule has 1 amide bonds. The molecule has 0 saturated heterocycles. The highest BCUT2D eigenvalue weighted by Crippen LogP contribution is 2.18. The molecule has 26 heavy (non-hydrogen) atoms. The molecule has 0 unspecified atom stereocenters. The number of hydrogen-bond acceptors (Lipinski definition) is 6. The zero-order valence-electron chi connectivity index (χ0n) is 14.2. The lowest BCUT2D eigenvalue weighted by Gasteiger charge is -2.08. The van der Waals surface area contributed by atoms with Crippen molar-refractivity contribution in [3.05, 3.63) is 54.6 Å². The number of nitrogens with one attached hydrogen (secondary N) is 1. The number of tetrazole rings is 1. The molecule has 1 aromatic carbocycles. The van der Waals surface area contributed by atoms with E-state index in [1.54, 1.807) is 30.6 Å². The first-order valence-corrected chi connectivity index (χ1v) is 8.10. The van der Waals surface area contributed by atoms with E-state index in [4.69, 9.17) is 0 Å². The number of carbonyl (C=O) groups is 1. The second-order valence-corrected chi connectivity index (χ2v) is 6.08. The number of anilines is 1. The quantitative estimate of drug-likeness (QED) is 0.606. The summed E-state index contributed by atoms with van der Waals surface area (Å²) in [4.78, 5) is 17.0. The van der Waals surface area contributed by atoms with E-state index < -0.39 is 0 Å². The SMILES string of the molecule is CC(C)n1ncc2cc(C(=O)Nc3cccc(-n4cnnn4)c3)cnc21. The summed E-state index contributed by atoms with van der Waals surface area (Å²) in [5.74, 6) is -0.245. The standard InChI is InChI=1S/C17H16N8O/c1-11(2)25-16-12(9-20-25)6-13(8-18-16)17(26)21-14-4-3-5-15(7-14)24-10-19-22-23-24/h3-11H,1-2H3,(H,21,26). The van der Waals surface area contributed by atoms with E-state index in [0.717, 1.165) is 16.7 Å². The van der Waals surface area contributed by atoms with Crippen molar-refractivity contribution in [2.24, 2.45) is 0 Å². The molecule has 9 heteroatoms. The Morgan fingerprint density at radius 1 is 1.19 bits per heavy atom. The smallest absolute Gasteiger partial charge is 0.257 e. The van der Waals surface area contributed by atoms with Crippen molar-refractivity contribution in [2.45, 2.75) is 19.9 Å². The molecule has 0 spiro atoms. The minimum atomic E-state index is -0.245. The van der Waals surface area contributed by atoms with Gasteiger partial charge in [-0.2, -0.15) is 5.10 Å². The molecule has 9 nitrogen and oxygen atoms in total. The number of pyridine rings is 1. The fourth-order valence-electron chi connectivity index (χ4n) is 2.65. The predicted molar refractivity (Wildman–Crippen MR) is 95.0 cm³/mol. The zero-order valence-corrected chi connectivity index (χ0v) is 14.2. The lowest BCUT2D eigenvalue weighted by molar-refractivity contribution is 0.102. The molecule has 0 radical (unpaired) electrons. The van der Waals surface area contributed by atoms with Crippen LogP contribution in [0.4, 0.5) is 5.69 Å². The van der Waals surface area contributed by atoms with Gasteiger partial charge in [0.25, 0.3) is 5.91 Å². The largest absolute Gasteiger partial charge is 0.322 e. The van der Waals surface area contributed by atoms with E-state index in [2.05, 4.69) is 30.9 Å². The predicted octanol–water partition coefficient (Wildman–Crippen LogP) is 2.24. The van der Waals surface area contributed by atoms with E-state index in [9.17, 15) is 4.79 Å². The summed E-state index contributed by atoms with van der Waals surface area (Å²) in [5, 5.41) is 19.1. The number of carbonyl (C=O) groups excluding carboxylic acids is 1. The minimum Gasteiger partial charge on any atom is -0.322 e. The highest BCUT2D eigenvalue weighted by Gasteiger charge is 2.12. The van der Waals surface area contributed by atoms with Gasteiger partial charge in [0.2, 0.25) is 0 Å². The Hall–Kier alpha value is -3.62. The number of hydrogen-bond donors (Lipinski definition) is 1. The van der Waals surface area contributed by atoms with Crippen LogP contribution in [-0.2, 0) is 0 Å². The van der Waals surface area contributed by atoms with Crippen LogP contribution in [0.25, 0.3) is 16.7 Å². The van der Waals surface area contributed by atoms with Crippen LogP contribution in [0.15, 0.2) is 49.1 Å². The maximum atomic E-state index is 12.6. The molecule has 130 valence electrons. The van der Waals surface area contributed by atoms with E-state index in [1.807, 2.05) is 30.7 Å². The van der Waals surface area contributed by atoms with Gasteiger partial charge in [-0.05, 0) is 48.5 Å². The summed E-state index contributed by atoms with van der Waals surface area (Å²) >= 11 is 0. The number of nitrogens with zero attached hydrogens (tertiary/aromatic N) is 7. The molecule has 0 atom stereocenters. The van der Waals surface area contributed by atoms with E-state index in [0.29, 0.717) is 11.3 Å². The van der Waals surface area contributed by atoms with Gasteiger partial charge in [0.15, 0.2) is 5.65 Å². The van der Waals surface area contributed by atoms with Gasteiger partial charge in [0.05, 0.1) is 17.4 Å². The van der Waals surface area contributed by atoms with Gasteiger partial charge in [-0.25, -0.2) is 14.3 Å². The Labute approximate surface area is 148 Å². The fraction of sp³-hybridized carbons (Fsp3) is 0.176. The maximum Gasteiger partial charge on any atom is 0.257 e. The van der Waals surface area contributed by atoms with Gasteiger partial charge in [-0.1, -0.05) is 6.07 Å². The molecular formula is C17H16N8O. The van der Waals surface area contributed by atoms with Crippen molar-refractivity contribution in [3.8, 4) is 5.69 Å². The number of amides is 1. The first-order chi connectivity index (χ1) is 12.6. The molecule has 0 saturated carbocycles. The first-order valence-electron chi connectivity index (χ1n) is 8.10.